The highest BCUT2D eigenvalue weighted by molar-refractivity contribution is 7.88. The number of rotatable bonds is 6. The van der Waals surface area contributed by atoms with Crippen molar-refractivity contribution < 1.29 is 8.42 Å². The average molecular weight is 406 g/mol. The van der Waals surface area contributed by atoms with Crippen LogP contribution in [-0.4, -0.2) is 47.4 Å². The van der Waals surface area contributed by atoms with Crippen molar-refractivity contribution in [3.8, 4) is 0 Å². The molecule has 8 heteroatoms. The molecule has 0 saturated carbocycles. The average Bonchev–Trinajstić information content (AvgIpc) is 2.88. The van der Waals surface area contributed by atoms with Gasteiger partial charge in [0.2, 0.25) is 10.0 Å². The summed E-state index contributed by atoms with van der Waals surface area (Å²) in [6, 6.07) is 6.23. The van der Waals surface area contributed by atoms with Gasteiger partial charge in [-0.1, -0.05) is 37.6 Å². The lowest BCUT2D eigenvalue weighted by molar-refractivity contribution is 0.268. The van der Waals surface area contributed by atoms with Gasteiger partial charge in [-0.25, -0.2) is 13.1 Å². The van der Waals surface area contributed by atoms with Crippen molar-refractivity contribution in [3.05, 3.63) is 46.5 Å². The first-order valence-electron chi connectivity index (χ1n) is 9.82. The Kier molecular flexibility index (Phi) is 6.21. The van der Waals surface area contributed by atoms with Gasteiger partial charge in [0.15, 0.2) is 5.82 Å². The van der Waals surface area contributed by atoms with Gasteiger partial charge in [-0.3, -0.25) is 4.90 Å². The third-order valence-corrected chi connectivity index (χ3v) is 6.01. The Balaban J connectivity index is 1.77. The molecule has 0 bridgehead atoms. The van der Waals surface area contributed by atoms with Crippen LogP contribution in [0, 0.1) is 19.8 Å². The van der Waals surface area contributed by atoms with Gasteiger partial charge >= 0.3 is 0 Å². The molecule has 1 aliphatic rings. The van der Waals surface area contributed by atoms with Crippen molar-refractivity contribution >= 4 is 10.0 Å². The summed E-state index contributed by atoms with van der Waals surface area (Å²) in [5.41, 5.74) is 3.95. The molecule has 7 nitrogen and oxygen atoms in total. The van der Waals surface area contributed by atoms with E-state index in [0.717, 1.165) is 38.4 Å². The molecule has 0 unspecified atom stereocenters. The number of benzene rings is 1. The highest BCUT2D eigenvalue weighted by Crippen LogP contribution is 2.23. The number of nitrogens with zero attached hydrogens (tertiary/aromatic N) is 4. The number of hydrogen-bond acceptors (Lipinski definition) is 5. The number of nitrogens with one attached hydrogen (secondary N) is 1. The van der Waals surface area contributed by atoms with Gasteiger partial charge in [0.05, 0.1) is 12.3 Å². The monoisotopic (exact) mass is 405 g/mol. The molecule has 154 valence electrons. The molecular formula is C20H31N5O2S. The number of aromatic nitrogens is 3. The zero-order chi connectivity index (χ0) is 20.5. The lowest BCUT2D eigenvalue weighted by atomic mass is 10.0. The summed E-state index contributed by atoms with van der Waals surface area (Å²) in [5.74, 6) is 1.72. The minimum absolute atomic E-state index is 0.0811. The van der Waals surface area contributed by atoms with Crippen molar-refractivity contribution in [2.24, 2.45) is 5.92 Å². The third kappa shape index (κ3) is 4.98. The fourth-order valence-electron chi connectivity index (χ4n) is 3.76. The second-order valence-electron chi connectivity index (χ2n) is 8.19. The molecule has 0 saturated heterocycles. The van der Waals surface area contributed by atoms with E-state index < -0.39 is 10.0 Å². The zero-order valence-electron chi connectivity index (χ0n) is 17.4. The normalized spacial score (nSPS) is 16.8. The third-order valence-electron chi connectivity index (χ3n) is 5.33. The summed E-state index contributed by atoms with van der Waals surface area (Å²) in [5, 5.41) is 8.72. The molecule has 0 amide bonds. The molecule has 0 fully saturated rings. The molecule has 1 N–H and O–H groups in total. The molecule has 1 atom stereocenters. The van der Waals surface area contributed by atoms with Crippen LogP contribution in [0.5, 0.6) is 0 Å². The van der Waals surface area contributed by atoms with Crippen LogP contribution in [-0.2, 0) is 29.5 Å². The molecule has 2 aromatic rings. The number of fused-ring (bicyclic) bond motifs is 1. The van der Waals surface area contributed by atoms with Crippen LogP contribution in [0.2, 0.25) is 0 Å². The van der Waals surface area contributed by atoms with E-state index in [0.29, 0.717) is 5.82 Å². The molecule has 0 spiro atoms. The van der Waals surface area contributed by atoms with Crippen LogP contribution in [0.15, 0.2) is 18.2 Å². The second-order valence-corrected chi connectivity index (χ2v) is 9.97. The summed E-state index contributed by atoms with van der Waals surface area (Å²) in [6.45, 7) is 11.7. The van der Waals surface area contributed by atoms with E-state index in [2.05, 4.69) is 56.4 Å². The Morgan fingerprint density at radius 2 is 1.89 bits per heavy atom. The Morgan fingerprint density at radius 1 is 1.14 bits per heavy atom. The van der Waals surface area contributed by atoms with Crippen LogP contribution in [0.1, 0.15) is 48.2 Å². The number of hydrogen-bond donors (Lipinski definition) is 1. The lowest BCUT2D eigenvalue weighted by Crippen LogP contribution is -2.33. The van der Waals surface area contributed by atoms with Gasteiger partial charge in [-0.2, -0.15) is 0 Å². The van der Waals surface area contributed by atoms with E-state index in [9.17, 15) is 8.42 Å². The van der Waals surface area contributed by atoms with Crippen molar-refractivity contribution in [1.82, 2.24) is 24.4 Å². The van der Waals surface area contributed by atoms with Crippen LogP contribution >= 0.6 is 0 Å². The zero-order valence-corrected chi connectivity index (χ0v) is 18.3. The van der Waals surface area contributed by atoms with Gasteiger partial charge in [-0.15, -0.1) is 10.2 Å². The lowest BCUT2D eigenvalue weighted by Gasteiger charge is -2.23. The molecule has 0 radical (unpaired) electrons. The molecule has 2 heterocycles. The highest BCUT2D eigenvalue weighted by atomic mass is 32.2. The first kappa shape index (κ1) is 21.0. The van der Waals surface area contributed by atoms with E-state index >= 15 is 0 Å². The molecular weight excluding hydrogens is 374 g/mol. The minimum Gasteiger partial charge on any atom is -0.312 e. The van der Waals surface area contributed by atoms with Crippen molar-refractivity contribution in [2.45, 2.75) is 53.2 Å². The maximum atomic E-state index is 11.8. The molecule has 1 aliphatic heterocycles. The Labute approximate surface area is 168 Å². The van der Waals surface area contributed by atoms with Gasteiger partial charge in [0.1, 0.15) is 5.82 Å². The quantitative estimate of drug-likeness (QED) is 0.797. The summed E-state index contributed by atoms with van der Waals surface area (Å²) >= 11 is 0. The fourth-order valence-corrected chi connectivity index (χ4v) is 4.60. The van der Waals surface area contributed by atoms with Crippen molar-refractivity contribution in [1.29, 1.82) is 0 Å². The van der Waals surface area contributed by atoms with E-state index in [1.54, 1.807) is 0 Å². The second kappa shape index (κ2) is 8.31. The van der Waals surface area contributed by atoms with Gasteiger partial charge in [0.25, 0.3) is 0 Å². The van der Waals surface area contributed by atoms with Gasteiger partial charge in [0, 0.05) is 32.6 Å². The predicted octanol–water partition coefficient (Wildman–Crippen LogP) is 2.20. The SMILES string of the molecule is Cc1ccc(CN2CCc3nnc([C@H](NS(C)(=O)=O)C(C)C)n3CC2)c(C)c1. The summed E-state index contributed by atoms with van der Waals surface area (Å²) in [7, 11) is -3.33. The topological polar surface area (TPSA) is 80.1 Å². The molecule has 1 aromatic carbocycles. The van der Waals surface area contributed by atoms with E-state index in [-0.39, 0.29) is 12.0 Å². The first-order chi connectivity index (χ1) is 13.1. The van der Waals surface area contributed by atoms with Gasteiger partial charge < -0.3 is 4.57 Å². The van der Waals surface area contributed by atoms with Crippen LogP contribution in [0.4, 0.5) is 0 Å². The minimum atomic E-state index is -3.33. The van der Waals surface area contributed by atoms with E-state index in [1.807, 2.05) is 13.8 Å². The first-order valence-corrected chi connectivity index (χ1v) is 11.7. The molecule has 0 aliphatic carbocycles. The number of sulfonamides is 1. The van der Waals surface area contributed by atoms with Crippen molar-refractivity contribution in [2.75, 3.05) is 19.3 Å². The summed E-state index contributed by atoms with van der Waals surface area (Å²) < 4.78 is 28.5. The Hall–Kier alpha value is -1.77. The van der Waals surface area contributed by atoms with E-state index in [4.69, 9.17) is 0 Å². The van der Waals surface area contributed by atoms with Crippen LogP contribution in [0.3, 0.4) is 0 Å². The standard InChI is InChI=1S/C20H31N5O2S/c1-14(2)19(23-28(5,26)27)20-22-21-18-8-9-24(10-11-25(18)20)13-17-7-6-15(3)12-16(17)4/h6-7,12,14,19,23H,8-11,13H2,1-5H3/t19-/m1/s1. The molecule has 1 aromatic heterocycles. The smallest absolute Gasteiger partial charge is 0.209 e. The van der Waals surface area contributed by atoms with Crippen LogP contribution < -0.4 is 4.72 Å². The maximum Gasteiger partial charge on any atom is 0.209 e. The van der Waals surface area contributed by atoms with Crippen molar-refractivity contribution in [3.63, 3.8) is 0 Å². The molecule has 28 heavy (non-hydrogen) atoms. The largest absolute Gasteiger partial charge is 0.312 e. The molecule has 3 rings (SSSR count). The van der Waals surface area contributed by atoms with Gasteiger partial charge in [-0.05, 0) is 30.9 Å². The Bertz CT molecular complexity index is 936. The highest BCUT2D eigenvalue weighted by Gasteiger charge is 2.28. The maximum absolute atomic E-state index is 11.8. The fraction of sp³-hybridized carbons (Fsp3) is 0.600. The summed E-state index contributed by atoms with van der Waals surface area (Å²) in [6.07, 6.45) is 2.00. The predicted molar refractivity (Wildman–Crippen MR) is 110 cm³/mol. The Morgan fingerprint density at radius 3 is 2.54 bits per heavy atom. The number of aryl methyl sites for hydroxylation is 2. The van der Waals surface area contributed by atoms with Crippen LogP contribution in [0.25, 0.3) is 0 Å². The summed E-state index contributed by atoms with van der Waals surface area (Å²) in [4.78, 5) is 2.44. The van der Waals surface area contributed by atoms with E-state index in [1.165, 1.54) is 22.9 Å².